The highest BCUT2D eigenvalue weighted by Crippen LogP contribution is 2.15. The molecule has 2 aromatic carbocycles. The highest BCUT2D eigenvalue weighted by Gasteiger charge is 2.22. The summed E-state index contributed by atoms with van der Waals surface area (Å²) in [6, 6.07) is 14.7. The summed E-state index contributed by atoms with van der Waals surface area (Å²) in [6.45, 7) is 1.74. The van der Waals surface area contributed by atoms with Crippen LogP contribution < -0.4 is 4.74 Å². The topological polar surface area (TPSA) is 69.7 Å². The van der Waals surface area contributed by atoms with Crippen LogP contribution in [0.2, 0.25) is 0 Å². The molecule has 0 fully saturated rings. The fraction of sp³-hybridized carbons (Fsp3) is 0.150. The van der Waals surface area contributed by atoms with E-state index in [0.29, 0.717) is 16.9 Å². The van der Waals surface area contributed by atoms with Crippen LogP contribution in [-0.4, -0.2) is 31.3 Å². The molecule has 128 valence electrons. The van der Waals surface area contributed by atoms with Gasteiger partial charge in [-0.25, -0.2) is 4.79 Å². The lowest BCUT2D eigenvalue weighted by molar-refractivity contribution is -0.138. The van der Waals surface area contributed by atoms with Crippen molar-refractivity contribution in [1.82, 2.24) is 0 Å². The van der Waals surface area contributed by atoms with E-state index in [2.05, 4.69) is 0 Å². The van der Waals surface area contributed by atoms with Gasteiger partial charge in [-0.1, -0.05) is 30.3 Å². The van der Waals surface area contributed by atoms with Crippen molar-refractivity contribution in [2.24, 2.45) is 0 Å². The zero-order chi connectivity index (χ0) is 18.2. The van der Waals surface area contributed by atoms with Crippen LogP contribution in [0.1, 0.15) is 27.6 Å². The van der Waals surface area contributed by atoms with E-state index in [1.165, 1.54) is 7.11 Å². The van der Waals surface area contributed by atoms with Gasteiger partial charge in [-0.3, -0.25) is 9.59 Å². The first kappa shape index (κ1) is 18.1. The molecule has 0 radical (unpaired) electrons. The lowest BCUT2D eigenvalue weighted by Gasteiger charge is -2.07. The zero-order valence-electron chi connectivity index (χ0n) is 14.0. The van der Waals surface area contributed by atoms with Crippen LogP contribution in [0, 0.1) is 0 Å². The number of allylic oxidation sites excluding steroid dienone is 1. The first-order valence-corrected chi connectivity index (χ1v) is 7.73. The number of benzene rings is 2. The molecule has 0 saturated heterocycles. The Hall–Kier alpha value is -3.21. The summed E-state index contributed by atoms with van der Waals surface area (Å²) in [7, 11) is 1.52. The smallest absolute Gasteiger partial charge is 0.342 e. The summed E-state index contributed by atoms with van der Waals surface area (Å²) < 4.78 is 9.96. The van der Waals surface area contributed by atoms with E-state index >= 15 is 0 Å². The Labute approximate surface area is 145 Å². The standard InChI is InChI=1S/C20H18O5/c1-3-25-20(23)17(19(22)15-7-5-4-6-8-15)13-18(21)14-9-11-16(24-2)12-10-14/h4-13H,3H2,1-2H3/b17-13-. The van der Waals surface area contributed by atoms with Crippen LogP contribution >= 0.6 is 0 Å². The highest BCUT2D eigenvalue weighted by molar-refractivity contribution is 6.27. The number of carbonyl (C=O) groups excluding carboxylic acids is 3. The zero-order valence-corrected chi connectivity index (χ0v) is 14.0. The third-order valence-corrected chi connectivity index (χ3v) is 3.43. The Balaban J connectivity index is 2.36. The average Bonchev–Trinajstić information content (AvgIpc) is 2.66. The van der Waals surface area contributed by atoms with Crippen molar-refractivity contribution < 1.29 is 23.9 Å². The van der Waals surface area contributed by atoms with E-state index < -0.39 is 17.5 Å². The Bertz CT molecular complexity index is 789. The second-order valence-electron chi connectivity index (χ2n) is 5.07. The van der Waals surface area contributed by atoms with Gasteiger partial charge in [0.25, 0.3) is 0 Å². The first-order chi connectivity index (χ1) is 12.1. The van der Waals surface area contributed by atoms with Gasteiger partial charge in [-0.15, -0.1) is 0 Å². The number of methoxy groups -OCH3 is 1. The van der Waals surface area contributed by atoms with E-state index in [4.69, 9.17) is 9.47 Å². The summed E-state index contributed by atoms with van der Waals surface area (Å²) >= 11 is 0. The number of esters is 1. The monoisotopic (exact) mass is 338 g/mol. The van der Waals surface area contributed by atoms with Crippen LogP contribution in [-0.2, 0) is 9.53 Å². The summed E-state index contributed by atoms with van der Waals surface area (Å²) in [4.78, 5) is 37.2. The predicted octanol–water partition coefficient (Wildman–Crippen LogP) is 3.25. The Morgan fingerprint density at radius 1 is 0.920 bits per heavy atom. The number of rotatable bonds is 7. The molecule has 0 atom stereocenters. The third kappa shape index (κ3) is 4.64. The van der Waals surface area contributed by atoms with Crippen molar-refractivity contribution in [2.75, 3.05) is 13.7 Å². The molecule has 0 bridgehead atoms. The molecule has 0 unspecified atom stereocenters. The number of hydrogen-bond donors (Lipinski definition) is 0. The lowest BCUT2D eigenvalue weighted by Crippen LogP contribution is -2.18. The fourth-order valence-electron chi connectivity index (χ4n) is 2.14. The molecule has 0 aliphatic rings. The average molecular weight is 338 g/mol. The van der Waals surface area contributed by atoms with Gasteiger partial charge < -0.3 is 9.47 Å². The normalized spacial score (nSPS) is 10.9. The van der Waals surface area contributed by atoms with Crippen molar-refractivity contribution in [2.45, 2.75) is 6.92 Å². The van der Waals surface area contributed by atoms with Gasteiger partial charge in [0.2, 0.25) is 0 Å². The molecule has 25 heavy (non-hydrogen) atoms. The molecular formula is C20H18O5. The summed E-state index contributed by atoms with van der Waals surface area (Å²) in [5.41, 5.74) is 0.349. The molecule has 2 aromatic rings. The Morgan fingerprint density at radius 2 is 1.56 bits per heavy atom. The molecule has 0 aliphatic carbocycles. The molecule has 0 N–H and O–H groups in total. The van der Waals surface area contributed by atoms with Crippen LogP contribution in [0.15, 0.2) is 66.2 Å². The molecule has 0 amide bonds. The second-order valence-corrected chi connectivity index (χ2v) is 5.07. The summed E-state index contributed by atoms with van der Waals surface area (Å²) in [6.07, 6.45) is 1.02. The molecule has 0 saturated carbocycles. The number of ether oxygens (including phenoxy) is 2. The maximum Gasteiger partial charge on any atom is 0.342 e. The van der Waals surface area contributed by atoms with Gasteiger partial charge in [-0.2, -0.15) is 0 Å². The molecule has 0 aliphatic heterocycles. The summed E-state index contributed by atoms with van der Waals surface area (Å²) in [5.74, 6) is -1.24. The molecule has 0 spiro atoms. The van der Waals surface area contributed by atoms with E-state index in [0.717, 1.165) is 6.08 Å². The third-order valence-electron chi connectivity index (χ3n) is 3.43. The van der Waals surface area contributed by atoms with Gasteiger partial charge in [0.05, 0.1) is 13.7 Å². The van der Waals surface area contributed by atoms with Crippen molar-refractivity contribution in [1.29, 1.82) is 0 Å². The van der Waals surface area contributed by atoms with E-state index in [1.807, 2.05) is 0 Å². The minimum absolute atomic E-state index is 0.106. The quantitative estimate of drug-likeness (QED) is 0.255. The minimum Gasteiger partial charge on any atom is -0.497 e. The van der Waals surface area contributed by atoms with Crippen molar-refractivity contribution in [3.05, 3.63) is 77.4 Å². The summed E-state index contributed by atoms with van der Waals surface area (Å²) in [5, 5.41) is 0. The number of carbonyl (C=O) groups is 3. The number of hydrogen-bond acceptors (Lipinski definition) is 5. The van der Waals surface area contributed by atoms with Gasteiger partial charge in [0.1, 0.15) is 11.3 Å². The van der Waals surface area contributed by atoms with Crippen LogP contribution in [0.4, 0.5) is 0 Å². The van der Waals surface area contributed by atoms with Crippen molar-refractivity contribution in [3.8, 4) is 5.75 Å². The van der Waals surface area contributed by atoms with Crippen molar-refractivity contribution >= 4 is 17.5 Å². The SMILES string of the molecule is CCOC(=O)/C(=C\C(=O)c1ccc(OC)cc1)C(=O)c1ccccc1. The van der Waals surface area contributed by atoms with Crippen LogP contribution in [0.3, 0.4) is 0 Å². The largest absolute Gasteiger partial charge is 0.497 e. The predicted molar refractivity (Wildman–Crippen MR) is 92.8 cm³/mol. The lowest BCUT2D eigenvalue weighted by atomic mass is 10.0. The van der Waals surface area contributed by atoms with Crippen molar-refractivity contribution in [3.63, 3.8) is 0 Å². The molecular weight excluding hydrogens is 320 g/mol. The molecule has 5 heteroatoms. The number of ketones is 2. The fourth-order valence-corrected chi connectivity index (χ4v) is 2.14. The van der Waals surface area contributed by atoms with Crippen LogP contribution in [0.5, 0.6) is 5.75 Å². The molecule has 0 aromatic heterocycles. The van der Waals surface area contributed by atoms with Gasteiger partial charge in [-0.05, 0) is 31.2 Å². The van der Waals surface area contributed by atoms with E-state index in [9.17, 15) is 14.4 Å². The Kier molecular flexibility index (Phi) is 6.23. The molecule has 2 rings (SSSR count). The highest BCUT2D eigenvalue weighted by atomic mass is 16.5. The maximum absolute atomic E-state index is 12.6. The van der Waals surface area contributed by atoms with Gasteiger partial charge in [0, 0.05) is 17.2 Å². The van der Waals surface area contributed by atoms with Gasteiger partial charge in [0.15, 0.2) is 11.6 Å². The van der Waals surface area contributed by atoms with Crippen LogP contribution in [0.25, 0.3) is 0 Å². The molecule has 5 nitrogen and oxygen atoms in total. The number of Topliss-reactive ketones (excluding diaryl/α,β-unsaturated/α-hetero) is 1. The van der Waals surface area contributed by atoms with E-state index in [-0.39, 0.29) is 12.2 Å². The Morgan fingerprint density at radius 3 is 2.12 bits per heavy atom. The minimum atomic E-state index is -0.821. The molecule has 0 heterocycles. The van der Waals surface area contributed by atoms with E-state index in [1.54, 1.807) is 61.5 Å². The first-order valence-electron chi connectivity index (χ1n) is 7.73. The van der Waals surface area contributed by atoms with Gasteiger partial charge >= 0.3 is 5.97 Å². The maximum atomic E-state index is 12.6. The second kappa shape index (κ2) is 8.59.